The van der Waals surface area contributed by atoms with Crippen LogP contribution in [0, 0.1) is 6.92 Å². The minimum absolute atomic E-state index is 0.301. The molecule has 0 fully saturated rings. The Kier molecular flexibility index (Phi) is 6.21. The lowest BCUT2D eigenvalue weighted by atomic mass is 10.1. The molecule has 5 nitrogen and oxygen atoms in total. The lowest BCUT2D eigenvalue weighted by molar-refractivity contribution is 0.102. The highest BCUT2D eigenvalue weighted by atomic mass is 79.9. The van der Waals surface area contributed by atoms with Crippen molar-refractivity contribution < 1.29 is 14.3 Å². The number of halogens is 2. The van der Waals surface area contributed by atoms with Gasteiger partial charge in [0.2, 0.25) is 0 Å². The predicted molar refractivity (Wildman–Crippen MR) is 115 cm³/mol. The van der Waals surface area contributed by atoms with Gasteiger partial charge in [0.25, 0.3) is 5.91 Å². The van der Waals surface area contributed by atoms with E-state index < -0.39 is 0 Å². The average Bonchev–Trinajstić information content (AvgIpc) is 2.68. The molecule has 0 radical (unpaired) electrons. The summed E-state index contributed by atoms with van der Waals surface area (Å²) in [6.45, 7) is 1.80. The van der Waals surface area contributed by atoms with Crippen LogP contribution in [0.15, 0.2) is 53.0 Å². The first kappa shape index (κ1) is 20.2. The van der Waals surface area contributed by atoms with Gasteiger partial charge in [-0.3, -0.25) is 9.78 Å². The molecule has 1 amide bonds. The van der Waals surface area contributed by atoms with Crippen LogP contribution in [0.1, 0.15) is 16.1 Å². The first-order valence-electron chi connectivity index (χ1n) is 8.39. The van der Waals surface area contributed by atoms with E-state index in [2.05, 4.69) is 26.2 Å². The molecule has 1 N–H and O–H groups in total. The number of aryl methyl sites for hydroxylation is 1. The zero-order valence-electron chi connectivity index (χ0n) is 15.5. The van der Waals surface area contributed by atoms with Crippen LogP contribution in [-0.4, -0.2) is 25.1 Å². The van der Waals surface area contributed by atoms with E-state index in [1.807, 2.05) is 30.3 Å². The molecule has 0 aliphatic heterocycles. The Labute approximate surface area is 176 Å². The number of nitrogens with one attached hydrogen (secondary N) is 1. The smallest absolute Gasteiger partial charge is 0.257 e. The fourth-order valence-electron chi connectivity index (χ4n) is 2.76. The van der Waals surface area contributed by atoms with E-state index in [1.54, 1.807) is 25.1 Å². The number of nitrogens with zero attached hydrogens (tertiary/aromatic N) is 1. The molecule has 0 atom stereocenters. The third-order valence-corrected chi connectivity index (χ3v) is 4.96. The second-order valence-electron chi connectivity index (χ2n) is 5.98. The van der Waals surface area contributed by atoms with Crippen molar-refractivity contribution in [3.05, 3.63) is 69.3 Å². The number of carbonyl (C=O) groups is 1. The standard InChI is InChI=1S/C21H18BrClN2O3/c1-12-15(7-8-17(24-12)13-5-4-6-14(22)9-13)21(26)25-18-10-16(23)19(27-2)11-20(18)28-3/h4-11H,1-3H3,(H,25,26). The van der Waals surface area contributed by atoms with Crippen LogP contribution in [-0.2, 0) is 0 Å². The number of rotatable bonds is 5. The van der Waals surface area contributed by atoms with Gasteiger partial charge in [0.05, 0.1) is 41.9 Å². The van der Waals surface area contributed by atoms with Gasteiger partial charge in [0, 0.05) is 16.1 Å². The van der Waals surface area contributed by atoms with Crippen molar-refractivity contribution in [3.63, 3.8) is 0 Å². The Bertz CT molecular complexity index is 1040. The number of methoxy groups -OCH3 is 2. The minimum atomic E-state index is -0.301. The molecule has 2 aromatic carbocycles. The Morgan fingerprint density at radius 2 is 1.82 bits per heavy atom. The molecule has 0 aliphatic carbocycles. The topological polar surface area (TPSA) is 60.5 Å². The molecule has 0 aliphatic rings. The summed E-state index contributed by atoms with van der Waals surface area (Å²) in [7, 11) is 3.03. The molecular formula is C21H18BrClN2O3. The third-order valence-electron chi connectivity index (χ3n) is 4.17. The molecule has 0 spiro atoms. The molecular weight excluding hydrogens is 444 g/mol. The molecule has 28 heavy (non-hydrogen) atoms. The van der Waals surface area contributed by atoms with Crippen LogP contribution < -0.4 is 14.8 Å². The fourth-order valence-corrected chi connectivity index (χ4v) is 3.40. The Morgan fingerprint density at radius 1 is 1.07 bits per heavy atom. The number of pyridine rings is 1. The minimum Gasteiger partial charge on any atom is -0.495 e. The molecule has 1 aromatic heterocycles. The van der Waals surface area contributed by atoms with Crippen LogP contribution in [0.25, 0.3) is 11.3 Å². The van der Waals surface area contributed by atoms with E-state index >= 15 is 0 Å². The van der Waals surface area contributed by atoms with Crippen LogP contribution in [0.5, 0.6) is 11.5 Å². The molecule has 0 unspecified atom stereocenters. The summed E-state index contributed by atoms with van der Waals surface area (Å²) in [5.74, 6) is 0.615. The zero-order chi connectivity index (χ0) is 20.3. The summed E-state index contributed by atoms with van der Waals surface area (Å²) < 4.78 is 11.5. The van der Waals surface area contributed by atoms with E-state index in [9.17, 15) is 4.79 Å². The second kappa shape index (κ2) is 8.63. The summed E-state index contributed by atoms with van der Waals surface area (Å²) in [5.41, 5.74) is 3.29. The number of amides is 1. The van der Waals surface area contributed by atoms with Gasteiger partial charge in [0.1, 0.15) is 11.5 Å². The molecule has 0 saturated heterocycles. The van der Waals surface area contributed by atoms with Crippen LogP contribution in [0.4, 0.5) is 5.69 Å². The summed E-state index contributed by atoms with van der Waals surface area (Å²) in [6.07, 6.45) is 0. The number of benzene rings is 2. The lowest BCUT2D eigenvalue weighted by Gasteiger charge is -2.14. The van der Waals surface area contributed by atoms with Crippen molar-refractivity contribution >= 4 is 39.1 Å². The van der Waals surface area contributed by atoms with Gasteiger partial charge in [-0.15, -0.1) is 0 Å². The van der Waals surface area contributed by atoms with Gasteiger partial charge >= 0.3 is 0 Å². The number of aromatic nitrogens is 1. The number of carbonyl (C=O) groups excluding carboxylic acids is 1. The molecule has 0 bridgehead atoms. The van der Waals surface area contributed by atoms with Crippen molar-refractivity contribution in [1.29, 1.82) is 0 Å². The summed E-state index contributed by atoms with van der Waals surface area (Å²) in [4.78, 5) is 17.4. The maximum Gasteiger partial charge on any atom is 0.257 e. The number of hydrogen-bond acceptors (Lipinski definition) is 4. The highest BCUT2D eigenvalue weighted by molar-refractivity contribution is 9.10. The highest BCUT2D eigenvalue weighted by Crippen LogP contribution is 2.36. The van der Waals surface area contributed by atoms with Gasteiger partial charge in [-0.1, -0.05) is 39.7 Å². The maximum absolute atomic E-state index is 12.8. The molecule has 1 heterocycles. The van der Waals surface area contributed by atoms with Crippen molar-refractivity contribution in [2.24, 2.45) is 0 Å². The van der Waals surface area contributed by atoms with E-state index in [0.717, 1.165) is 15.7 Å². The predicted octanol–water partition coefficient (Wildman–Crippen LogP) is 5.74. The third kappa shape index (κ3) is 4.29. The van der Waals surface area contributed by atoms with Crippen molar-refractivity contribution in [1.82, 2.24) is 4.98 Å². The van der Waals surface area contributed by atoms with Crippen LogP contribution in [0.3, 0.4) is 0 Å². The fraction of sp³-hybridized carbons (Fsp3) is 0.143. The van der Waals surface area contributed by atoms with E-state index in [1.165, 1.54) is 14.2 Å². The first-order chi connectivity index (χ1) is 13.4. The Hall–Kier alpha value is -2.57. The summed E-state index contributed by atoms with van der Waals surface area (Å²) >= 11 is 9.63. The number of hydrogen-bond donors (Lipinski definition) is 1. The summed E-state index contributed by atoms with van der Waals surface area (Å²) in [5, 5.41) is 3.20. The van der Waals surface area contributed by atoms with Crippen molar-refractivity contribution in [2.45, 2.75) is 6.92 Å². The number of ether oxygens (including phenoxy) is 2. The monoisotopic (exact) mass is 460 g/mol. The van der Waals surface area contributed by atoms with Crippen LogP contribution >= 0.6 is 27.5 Å². The van der Waals surface area contributed by atoms with Gasteiger partial charge in [-0.05, 0) is 37.3 Å². The van der Waals surface area contributed by atoms with E-state index in [4.69, 9.17) is 21.1 Å². The average molecular weight is 462 g/mol. The Balaban J connectivity index is 1.88. The van der Waals surface area contributed by atoms with Gasteiger partial charge in [-0.25, -0.2) is 0 Å². The van der Waals surface area contributed by atoms with E-state index in [0.29, 0.717) is 33.5 Å². The maximum atomic E-state index is 12.8. The molecule has 3 aromatic rings. The summed E-state index contributed by atoms with van der Waals surface area (Å²) in [6, 6.07) is 14.6. The van der Waals surface area contributed by atoms with Gasteiger partial charge in [0.15, 0.2) is 0 Å². The van der Waals surface area contributed by atoms with Gasteiger partial charge < -0.3 is 14.8 Å². The van der Waals surface area contributed by atoms with Crippen LogP contribution in [0.2, 0.25) is 5.02 Å². The lowest BCUT2D eigenvalue weighted by Crippen LogP contribution is -2.15. The normalized spacial score (nSPS) is 10.5. The largest absolute Gasteiger partial charge is 0.495 e. The molecule has 144 valence electrons. The second-order valence-corrected chi connectivity index (χ2v) is 7.30. The number of anilines is 1. The van der Waals surface area contributed by atoms with Crippen molar-refractivity contribution in [2.75, 3.05) is 19.5 Å². The zero-order valence-corrected chi connectivity index (χ0v) is 17.9. The molecule has 0 saturated carbocycles. The first-order valence-corrected chi connectivity index (χ1v) is 9.56. The Morgan fingerprint density at radius 3 is 2.46 bits per heavy atom. The molecule has 7 heteroatoms. The van der Waals surface area contributed by atoms with Gasteiger partial charge in [-0.2, -0.15) is 0 Å². The SMILES string of the molecule is COc1cc(OC)c(NC(=O)c2ccc(-c3cccc(Br)c3)nc2C)cc1Cl. The van der Waals surface area contributed by atoms with Crippen molar-refractivity contribution in [3.8, 4) is 22.8 Å². The quantitative estimate of drug-likeness (QED) is 0.526. The highest BCUT2D eigenvalue weighted by Gasteiger charge is 2.16. The molecule has 3 rings (SSSR count). The van der Waals surface area contributed by atoms with E-state index in [-0.39, 0.29) is 5.91 Å².